The number of rotatable bonds is 6. The van der Waals surface area contributed by atoms with E-state index in [4.69, 9.17) is 5.11 Å². The second-order valence-electron chi connectivity index (χ2n) is 2.96. The van der Waals surface area contributed by atoms with Crippen molar-refractivity contribution in [2.75, 3.05) is 20.2 Å². The lowest BCUT2D eigenvalue weighted by molar-refractivity contribution is -0.150. The van der Waals surface area contributed by atoms with Crippen LogP contribution in [0.3, 0.4) is 0 Å². The summed E-state index contributed by atoms with van der Waals surface area (Å²) in [5.41, 5.74) is 0. The molecule has 1 N–H and O–H groups in total. The van der Waals surface area contributed by atoms with Gasteiger partial charge in [-0.15, -0.1) is 0 Å². The van der Waals surface area contributed by atoms with E-state index in [1.54, 1.807) is 0 Å². The molecular formula is C9H15NO5. The Morgan fingerprint density at radius 2 is 1.93 bits per heavy atom. The fourth-order valence-corrected chi connectivity index (χ4v) is 1.02. The molecule has 0 bridgehead atoms. The van der Waals surface area contributed by atoms with Gasteiger partial charge < -0.3 is 14.7 Å². The van der Waals surface area contributed by atoms with Crippen LogP contribution in [-0.4, -0.2) is 48.1 Å². The summed E-state index contributed by atoms with van der Waals surface area (Å²) in [6.45, 7) is 1.98. The quantitative estimate of drug-likeness (QED) is 0.495. The lowest BCUT2D eigenvalue weighted by Gasteiger charge is -2.19. The van der Waals surface area contributed by atoms with Gasteiger partial charge in [0.2, 0.25) is 5.91 Å². The van der Waals surface area contributed by atoms with Crippen LogP contribution in [0, 0.1) is 0 Å². The van der Waals surface area contributed by atoms with Gasteiger partial charge in [-0.1, -0.05) is 6.92 Å². The van der Waals surface area contributed by atoms with Gasteiger partial charge in [-0.2, -0.15) is 0 Å². The minimum absolute atomic E-state index is 0.198. The molecule has 0 atom stereocenters. The molecule has 0 saturated heterocycles. The van der Waals surface area contributed by atoms with Crippen molar-refractivity contribution in [2.45, 2.75) is 19.8 Å². The molecule has 0 aromatic carbocycles. The number of hydrogen-bond donors (Lipinski definition) is 1. The molecule has 0 aromatic heterocycles. The first-order chi connectivity index (χ1) is 7.01. The molecule has 0 saturated carbocycles. The maximum absolute atomic E-state index is 11.3. The average Bonchev–Trinajstić information content (AvgIpc) is 2.15. The van der Waals surface area contributed by atoms with Gasteiger partial charge in [0, 0.05) is 6.54 Å². The van der Waals surface area contributed by atoms with E-state index < -0.39 is 24.3 Å². The van der Waals surface area contributed by atoms with Crippen molar-refractivity contribution in [3.63, 3.8) is 0 Å². The van der Waals surface area contributed by atoms with Gasteiger partial charge >= 0.3 is 11.9 Å². The lowest BCUT2D eigenvalue weighted by atomic mass is 10.3. The second kappa shape index (κ2) is 6.80. The van der Waals surface area contributed by atoms with Crippen LogP contribution in [0.15, 0.2) is 0 Å². The molecule has 0 unspecified atom stereocenters. The first kappa shape index (κ1) is 13.4. The van der Waals surface area contributed by atoms with Crippen molar-refractivity contribution >= 4 is 17.8 Å². The second-order valence-corrected chi connectivity index (χ2v) is 2.96. The molecule has 15 heavy (non-hydrogen) atoms. The van der Waals surface area contributed by atoms with E-state index in [0.29, 0.717) is 13.0 Å². The van der Waals surface area contributed by atoms with E-state index in [0.717, 1.165) is 0 Å². The summed E-state index contributed by atoms with van der Waals surface area (Å²) < 4.78 is 4.40. The van der Waals surface area contributed by atoms with E-state index in [9.17, 15) is 14.4 Å². The lowest BCUT2D eigenvalue weighted by Crippen LogP contribution is -2.37. The first-order valence-corrected chi connectivity index (χ1v) is 4.57. The molecule has 0 rings (SSSR count). The summed E-state index contributed by atoms with van der Waals surface area (Å²) in [5.74, 6) is -2.33. The van der Waals surface area contributed by atoms with Crippen LogP contribution in [0.1, 0.15) is 19.8 Å². The molecule has 0 aliphatic rings. The molecule has 0 aliphatic carbocycles. The number of esters is 1. The van der Waals surface area contributed by atoms with E-state index in [1.807, 2.05) is 6.92 Å². The van der Waals surface area contributed by atoms with Gasteiger partial charge in [0.25, 0.3) is 0 Å². The van der Waals surface area contributed by atoms with Crippen molar-refractivity contribution in [2.24, 2.45) is 0 Å². The number of amides is 1. The van der Waals surface area contributed by atoms with E-state index in [-0.39, 0.29) is 6.54 Å². The Morgan fingerprint density at radius 1 is 1.33 bits per heavy atom. The summed E-state index contributed by atoms with van der Waals surface area (Å²) in [6.07, 6.45) is 0.0549. The normalized spacial score (nSPS) is 9.47. The van der Waals surface area contributed by atoms with E-state index >= 15 is 0 Å². The van der Waals surface area contributed by atoms with Crippen molar-refractivity contribution in [1.29, 1.82) is 0 Å². The predicted molar refractivity (Wildman–Crippen MR) is 51.1 cm³/mol. The Balaban J connectivity index is 4.30. The summed E-state index contributed by atoms with van der Waals surface area (Å²) in [4.78, 5) is 33.7. The van der Waals surface area contributed by atoms with Crippen LogP contribution < -0.4 is 0 Å². The summed E-state index contributed by atoms with van der Waals surface area (Å²) in [6, 6.07) is 0. The maximum Gasteiger partial charge on any atom is 0.325 e. The standard InChI is InChI=1S/C9H15NO5/c1-3-4-10(6-9(14)15-2)7(11)5-8(12)13/h3-6H2,1-2H3,(H,12,13). The number of nitrogens with zero attached hydrogens (tertiary/aromatic N) is 1. The van der Waals surface area contributed by atoms with Gasteiger partial charge in [0.05, 0.1) is 7.11 Å². The predicted octanol–water partition coefficient (Wildman–Crippen LogP) is -0.127. The largest absolute Gasteiger partial charge is 0.481 e. The minimum atomic E-state index is -1.20. The molecule has 0 fully saturated rings. The summed E-state index contributed by atoms with van der Waals surface area (Å²) in [7, 11) is 1.22. The molecule has 6 nitrogen and oxygen atoms in total. The third-order valence-electron chi connectivity index (χ3n) is 1.70. The molecule has 0 radical (unpaired) electrons. The third kappa shape index (κ3) is 5.66. The summed E-state index contributed by atoms with van der Waals surface area (Å²) >= 11 is 0. The number of carboxylic acids is 1. The van der Waals surface area contributed by atoms with Crippen LogP contribution in [-0.2, 0) is 19.1 Å². The molecule has 0 spiro atoms. The molecule has 6 heteroatoms. The van der Waals surface area contributed by atoms with Crippen LogP contribution in [0.4, 0.5) is 0 Å². The molecule has 0 aliphatic heterocycles. The Labute approximate surface area is 87.8 Å². The maximum atomic E-state index is 11.3. The zero-order chi connectivity index (χ0) is 11.8. The Morgan fingerprint density at radius 3 is 2.33 bits per heavy atom. The number of aliphatic carboxylic acids is 1. The monoisotopic (exact) mass is 217 g/mol. The Hall–Kier alpha value is -1.59. The van der Waals surface area contributed by atoms with E-state index in [1.165, 1.54) is 12.0 Å². The zero-order valence-corrected chi connectivity index (χ0v) is 8.86. The SMILES string of the molecule is CCCN(CC(=O)OC)C(=O)CC(=O)O. The van der Waals surface area contributed by atoms with Crippen LogP contribution in [0.25, 0.3) is 0 Å². The molecule has 0 aromatic rings. The van der Waals surface area contributed by atoms with Crippen LogP contribution >= 0.6 is 0 Å². The molecular weight excluding hydrogens is 202 g/mol. The number of carbonyl (C=O) groups excluding carboxylic acids is 2. The Bertz CT molecular complexity index is 251. The number of carboxylic acid groups (broad SMARTS) is 1. The highest BCUT2D eigenvalue weighted by atomic mass is 16.5. The van der Waals surface area contributed by atoms with Crippen molar-refractivity contribution in [3.05, 3.63) is 0 Å². The molecule has 1 amide bonds. The number of methoxy groups -OCH3 is 1. The van der Waals surface area contributed by atoms with Crippen molar-refractivity contribution in [1.82, 2.24) is 4.90 Å². The third-order valence-corrected chi connectivity index (χ3v) is 1.70. The number of hydrogen-bond acceptors (Lipinski definition) is 4. The molecule has 86 valence electrons. The fraction of sp³-hybridized carbons (Fsp3) is 0.667. The van der Waals surface area contributed by atoms with Gasteiger partial charge in [0.1, 0.15) is 13.0 Å². The van der Waals surface area contributed by atoms with Crippen LogP contribution in [0.2, 0.25) is 0 Å². The smallest absolute Gasteiger partial charge is 0.325 e. The van der Waals surface area contributed by atoms with Gasteiger partial charge in [0.15, 0.2) is 0 Å². The minimum Gasteiger partial charge on any atom is -0.481 e. The average molecular weight is 217 g/mol. The zero-order valence-electron chi connectivity index (χ0n) is 8.86. The Kier molecular flexibility index (Phi) is 6.08. The number of ether oxygens (including phenoxy) is 1. The van der Waals surface area contributed by atoms with Gasteiger partial charge in [-0.25, -0.2) is 0 Å². The molecule has 0 heterocycles. The van der Waals surface area contributed by atoms with Crippen molar-refractivity contribution in [3.8, 4) is 0 Å². The highest BCUT2D eigenvalue weighted by molar-refractivity contribution is 5.94. The fourth-order valence-electron chi connectivity index (χ4n) is 1.02. The first-order valence-electron chi connectivity index (χ1n) is 4.57. The van der Waals surface area contributed by atoms with Gasteiger partial charge in [-0.05, 0) is 6.42 Å². The van der Waals surface area contributed by atoms with E-state index in [2.05, 4.69) is 4.74 Å². The topological polar surface area (TPSA) is 83.9 Å². The highest BCUT2D eigenvalue weighted by Crippen LogP contribution is 1.97. The summed E-state index contributed by atoms with van der Waals surface area (Å²) in [5, 5.41) is 8.43. The van der Waals surface area contributed by atoms with Gasteiger partial charge in [-0.3, -0.25) is 14.4 Å². The highest BCUT2D eigenvalue weighted by Gasteiger charge is 2.18. The van der Waals surface area contributed by atoms with Crippen molar-refractivity contribution < 1.29 is 24.2 Å². The number of carbonyl (C=O) groups is 3. The van der Waals surface area contributed by atoms with Crippen LogP contribution in [0.5, 0.6) is 0 Å².